The first-order valence-electron chi connectivity index (χ1n) is 6.26. The average molecular weight is 314 g/mol. The number of carbonyl (C=O) groups excluding carboxylic acids is 3. The fourth-order valence-electron chi connectivity index (χ4n) is 1.75. The third kappa shape index (κ3) is 3.44. The number of amides is 2. The van der Waals surface area contributed by atoms with Crippen LogP contribution in [0.5, 0.6) is 0 Å². The highest BCUT2D eigenvalue weighted by Gasteiger charge is 2.21. The van der Waals surface area contributed by atoms with E-state index in [0.29, 0.717) is 5.00 Å². The van der Waals surface area contributed by atoms with Crippen molar-refractivity contribution in [2.24, 2.45) is 0 Å². The third-order valence-corrected chi connectivity index (χ3v) is 3.49. The van der Waals surface area contributed by atoms with E-state index >= 15 is 0 Å². The molecule has 1 N–H and O–H groups in total. The second-order valence-electron chi connectivity index (χ2n) is 4.08. The van der Waals surface area contributed by atoms with Crippen LogP contribution in [0.2, 0.25) is 0 Å². The largest absolute Gasteiger partial charge is 0.313 e. The van der Waals surface area contributed by atoms with Crippen LogP contribution in [-0.4, -0.2) is 29.6 Å². The van der Waals surface area contributed by atoms with E-state index in [1.54, 1.807) is 24.5 Å². The van der Waals surface area contributed by atoms with E-state index in [0.717, 1.165) is 11.0 Å². The summed E-state index contributed by atoms with van der Waals surface area (Å²) >= 11 is 1.37. The van der Waals surface area contributed by atoms with E-state index in [1.807, 2.05) is 5.38 Å². The quantitative estimate of drug-likeness (QED) is 0.827. The van der Waals surface area contributed by atoms with Crippen molar-refractivity contribution in [1.82, 2.24) is 4.98 Å². The molecule has 2 aromatic rings. The zero-order chi connectivity index (χ0) is 15.9. The molecule has 111 valence electrons. The summed E-state index contributed by atoms with van der Waals surface area (Å²) in [4.78, 5) is 39.9. The van der Waals surface area contributed by atoms with E-state index in [-0.39, 0.29) is 17.9 Å². The SMILES string of the molecule is C=CC(=O)N(C[C]=O)c1ncccc1C(=O)Nc1cccs1. The molecule has 0 aliphatic carbocycles. The Hall–Kier alpha value is -2.80. The van der Waals surface area contributed by atoms with Crippen LogP contribution >= 0.6 is 11.3 Å². The topological polar surface area (TPSA) is 79.4 Å². The molecular formula is C15H12N3O3S. The summed E-state index contributed by atoms with van der Waals surface area (Å²) < 4.78 is 0. The number of carbonyl (C=O) groups is 2. The maximum atomic E-state index is 12.3. The highest BCUT2D eigenvalue weighted by Crippen LogP contribution is 2.21. The molecular weight excluding hydrogens is 302 g/mol. The fraction of sp³-hybridized carbons (Fsp3) is 0.0667. The number of nitrogens with zero attached hydrogens (tertiary/aromatic N) is 2. The zero-order valence-corrected chi connectivity index (χ0v) is 12.3. The maximum Gasteiger partial charge on any atom is 0.260 e. The summed E-state index contributed by atoms with van der Waals surface area (Å²) in [5.41, 5.74) is 0.182. The van der Waals surface area contributed by atoms with E-state index in [1.165, 1.54) is 23.6 Å². The number of anilines is 2. The van der Waals surface area contributed by atoms with Gasteiger partial charge >= 0.3 is 0 Å². The highest BCUT2D eigenvalue weighted by molar-refractivity contribution is 7.14. The third-order valence-electron chi connectivity index (χ3n) is 2.71. The van der Waals surface area contributed by atoms with E-state index < -0.39 is 11.8 Å². The lowest BCUT2D eigenvalue weighted by molar-refractivity contribution is -0.114. The second kappa shape index (κ2) is 7.28. The lowest BCUT2D eigenvalue weighted by Crippen LogP contribution is -2.33. The smallest absolute Gasteiger partial charge is 0.260 e. The summed E-state index contributed by atoms with van der Waals surface area (Å²) in [5.74, 6) is -0.865. The van der Waals surface area contributed by atoms with E-state index in [2.05, 4.69) is 16.9 Å². The Morgan fingerprint density at radius 2 is 2.23 bits per heavy atom. The summed E-state index contributed by atoms with van der Waals surface area (Å²) in [5, 5.41) is 5.21. The van der Waals surface area contributed by atoms with Crippen LogP contribution in [0.1, 0.15) is 10.4 Å². The van der Waals surface area contributed by atoms with Gasteiger partial charge in [0.1, 0.15) is 5.82 Å². The van der Waals surface area contributed by atoms with Gasteiger partial charge in [0.2, 0.25) is 6.29 Å². The molecule has 0 aromatic carbocycles. The first-order chi connectivity index (χ1) is 10.7. The molecule has 7 heteroatoms. The van der Waals surface area contributed by atoms with Crippen molar-refractivity contribution in [1.29, 1.82) is 0 Å². The molecule has 2 aromatic heterocycles. The molecule has 0 saturated carbocycles. The number of aromatic nitrogens is 1. The number of hydrogen-bond acceptors (Lipinski definition) is 5. The van der Waals surface area contributed by atoms with Crippen LogP contribution in [0.3, 0.4) is 0 Å². The standard InChI is InChI=1S/C15H12N3O3S/c1-2-13(20)18(8-9-19)14-11(5-3-7-16-14)15(21)17-12-6-4-10-22-12/h2-7,10H,1,8H2,(H,17,21). The number of rotatable bonds is 6. The van der Waals surface area contributed by atoms with E-state index in [4.69, 9.17) is 0 Å². The molecule has 0 aliphatic heterocycles. The first kappa shape index (κ1) is 15.6. The van der Waals surface area contributed by atoms with Crippen molar-refractivity contribution < 1.29 is 14.4 Å². The van der Waals surface area contributed by atoms with Crippen molar-refractivity contribution in [2.45, 2.75) is 0 Å². The number of hydrogen-bond donors (Lipinski definition) is 1. The molecule has 0 saturated heterocycles. The fourth-order valence-corrected chi connectivity index (χ4v) is 2.36. The zero-order valence-electron chi connectivity index (χ0n) is 11.5. The van der Waals surface area contributed by atoms with Gasteiger partial charge in [-0.2, -0.15) is 0 Å². The van der Waals surface area contributed by atoms with Crippen molar-refractivity contribution in [2.75, 3.05) is 16.8 Å². The number of thiophene rings is 1. The van der Waals surface area contributed by atoms with Gasteiger partial charge in [-0.3, -0.25) is 19.3 Å². The van der Waals surface area contributed by atoms with Crippen molar-refractivity contribution >= 4 is 40.3 Å². The Labute approximate surface area is 131 Å². The molecule has 6 nitrogen and oxygen atoms in total. The van der Waals surface area contributed by atoms with Crippen molar-refractivity contribution in [3.8, 4) is 0 Å². The van der Waals surface area contributed by atoms with Crippen molar-refractivity contribution in [3.63, 3.8) is 0 Å². The minimum atomic E-state index is -0.535. The molecule has 2 amide bonds. The van der Waals surface area contributed by atoms with Gasteiger partial charge < -0.3 is 5.32 Å². The van der Waals surface area contributed by atoms with Crippen LogP contribution in [0, 0.1) is 0 Å². The molecule has 0 spiro atoms. The molecule has 2 heterocycles. The maximum absolute atomic E-state index is 12.3. The Balaban J connectivity index is 2.36. The highest BCUT2D eigenvalue weighted by atomic mass is 32.1. The monoisotopic (exact) mass is 314 g/mol. The lowest BCUT2D eigenvalue weighted by atomic mass is 10.2. The molecule has 22 heavy (non-hydrogen) atoms. The minimum absolute atomic E-state index is 0.0878. The van der Waals surface area contributed by atoms with Gasteiger partial charge in [0, 0.05) is 6.20 Å². The van der Waals surface area contributed by atoms with Crippen LogP contribution in [0.15, 0.2) is 48.5 Å². The van der Waals surface area contributed by atoms with Crippen molar-refractivity contribution in [3.05, 3.63) is 54.1 Å². The van der Waals surface area contributed by atoms with Gasteiger partial charge in [0.15, 0.2) is 0 Å². The molecule has 1 radical (unpaired) electrons. The molecule has 0 fully saturated rings. The Morgan fingerprint density at radius 1 is 1.41 bits per heavy atom. The molecule has 2 rings (SSSR count). The summed E-state index contributed by atoms with van der Waals surface area (Å²) in [7, 11) is 0. The van der Waals surface area contributed by atoms with Gasteiger partial charge in [0.25, 0.3) is 11.8 Å². The molecule has 0 aliphatic rings. The minimum Gasteiger partial charge on any atom is -0.313 e. The second-order valence-corrected chi connectivity index (χ2v) is 5.03. The van der Waals surface area contributed by atoms with Gasteiger partial charge in [-0.25, -0.2) is 4.98 Å². The summed E-state index contributed by atoms with van der Waals surface area (Å²) in [6.07, 6.45) is 4.12. The normalized spacial score (nSPS) is 9.82. The Kier molecular flexibility index (Phi) is 5.16. The summed E-state index contributed by atoms with van der Waals surface area (Å²) in [6, 6.07) is 6.66. The predicted molar refractivity (Wildman–Crippen MR) is 84.8 cm³/mol. The van der Waals surface area contributed by atoms with Gasteiger partial charge in [-0.15, -0.1) is 11.3 Å². The van der Waals surface area contributed by atoms with Gasteiger partial charge in [-0.05, 0) is 35.7 Å². The molecule has 0 atom stereocenters. The van der Waals surface area contributed by atoms with Crippen LogP contribution in [-0.2, 0) is 9.59 Å². The number of pyridine rings is 1. The predicted octanol–water partition coefficient (Wildman–Crippen LogP) is 2.02. The molecule has 0 bridgehead atoms. The summed E-state index contributed by atoms with van der Waals surface area (Å²) in [6.45, 7) is 3.04. The Morgan fingerprint density at radius 3 is 2.86 bits per heavy atom. The van der Waals surface area contributed by atoms with Crippen LogP contribution in [0.25, 0.3) is 0 Å². The molecule has 0 unspecified atom stereocenters. The lowest BCUT2D eigenvalue weighted by Gasteiger charge is -2.19. The van der Waals surface area contributed by atoms with Gasteiger partial charge in [-0.1, -0.05) is 6.58 Å². The Bertz CT molecular complexity index is 698. The first-order valence-corrected chi connectivity index (χ1v) is 7.14. The van der Waals surface area contributed by atoms with Gasteiger partial charge in [0.05, 0.1) is 17.1 Å². The van der Waals surface area contributed by atoms with Crippen LogP contribution < -0.4 is 10.2 Å². The van der Waals surface area contributed by atoms with Crippen LogP contribution in [0.4, 0.5) is 10.8 Å². The van der Waals surface area contributed by atoms with E-state index in [9.17, 15) is 14.4 Å². The average Bonchev–Trinajstić information content (AvgIpc) is 3.05. The number of nitrogens with one attached hydrogen (secondary N) is 1.